The molecule has 6 nitrogen and oxygen atoms in total. The SMILES string of the molecule is C[C@@H]1C/C(=C\c2ccc(Cl)cc2)C2=NN(C(=O)c3ccc([N+](=O)[O-])cc3)[C@H](c3ccc(Cl)cc3)[C@H]2C1. The lowest BCUT2D eigenvalue weighted by molar-refractivity contribution is -0.384. The molecule has 0 bridgehead atoms. The summed E-state index contributed by atoms with van der Waals surface area (Å²) in [5.41, 5.74) is 4.24. The molecule has 36 heavy (non-hydrogen) atoms. The van der Waals surface area contributed by atoms with Gasteiger partial charge in [-0.25, -0.2) is 5.01 Å². The average molecular weight is 520 g/mol. The van der Waals surface area contributed by atoms with Crippen LogP contribution in [-0.4, -0.2) is 21.6 Å². The molecule has 0 spiro atoms. The maximum atomic E-state index is 13.7. The van der Waals surface area contributed by atoms with Crippen molar-refractivity contribution < 1.29 is 9.72 Å². The minimum absolute atomic E-state index is 0.00970. The van der Waals surface area contributed by atoms with E-state index in [-0.39, 0.29) is 23.6 Å². The number of hydrogen-bond acceptors (Lipinski definition) is 4. The quantitative estimate of drug-likeness (QED) is 0.263. The van der Waals surface area contributed by atoms with Crippen LogP contribution in [-0.2, 0) is 0 Å². The molecule has 0 saturated heterocycles. The zero-order valence-electron chi connectivity index (χ0n) is 19.5. The normalized spacial score (nSPS) is 22.3. The summed E-state index contributed by atoms with van der Waals surface area (Å²) < 4.78 is 0. The number of hydrazone groups is 1. The van der Waals surface area contributed by atoms with Crippen LogP contribution >= 0.6 is 23.2 Å². The number of nitro groups is 1. The monoisotopic (exact) mass is 519 g/mol. The fourth-order valence-corrected chi connectivity index (χ4v) is 5.32. The molecule has 0 aromatic heterocycles. The van der Waals surface area contributed by atoms with Crippen molar-refractivity contribution in [1.29, 1.82) is 0 Å². The third-order valence-corrected chi connectivity index (χ3v) is 7.22. The second-order valence-corrected chi connectivity index (χ2v) is 10.2. The molecule has 182 valence electrons. The maximum absolute atomic E-state index is 13.7. The molecule has 1 aliphatic carbocycles. The largest absolute Gasteiger partial charge is 0.274 e. The van der Waals surface area contributed by atoms with E-state index in [1.54, 1.807) is 0 Å². The van der Waals surface area contributed by atoms with Crippen molar-refractivity contribution in [2.45, 2.75) is 25.8 Å². The summed E-state index contributed by atoms with van der Waals surface area (Å²) >= 11 is 12.2. The van der Waals surface area contributed by atoms with E-state index in [4.69, 9.17) is 28.3 Å². The number of nitrogens with zero attached hydrogens (tertiary/aromatic N) is 3. The van der Waals surface area contributed by atoms with Gasteiger partial charge in [-0.1, -0.05) is 54.4 Å². The first-order valence-corrected chi connectivity index (χ1v) is 12.4. The van der Waals surface area contributed by atoms with Gasteiger partial charge in [0.05, 0.1) is 16.7 Å². The second kappa shape index (κ2) is 9.88. The van der Waals surface area contributed by atoms with E-state index in [2.05, 4.69) is 13.0 Å². The van der Waals surface area contributed by atoms with Gasteiger partial charge >= 0.3 is 0 Å². The van der Waals surface area contributed by atoms with E-state index < -0.39 is 4.92 Å². The number of halogens is 2. The topological polar surface area (TPSA) is 75.8 Å². The maximum Gasteiger partial charge on any atom is 0.274 e. The van der Waals surface area contributed by atoms with E-state index in [1.165, 1.54) is 29.3 Å². The van der Waals surface area contributed by atoms with Gasteiger partial charge in [-0.05, 0) is 77.9 Å². The lowest BCUT2D eigenvalue weighted by Gasteiger charge is -2.32. The Morgan fingerprint density at radius 3 is 2.22 bits per heavy atom. The summed E-state index contributed by atoms with van der Waals surface area (Å²) in [7, 11) is 0. The Labute approximate surface area is 219 Å². The predicted molar refractivity (Wildman–Crippen MR) is 142 cm³/mol. The van der Waals surface area contributed by atoms with Crippen LogP contribution in [0.25, 0.3) is 6.08 Å². The van der Waals surface area contributed by atoms with Crippen molar-refractivity contribution in [2.75, 3.05) is 0 Å². The highest BCUT2D eigenvalue weighted by atomic mass is 35.5. The number of fused-ring (bicyclic) bond motifs is 1. The van der Waals surface area contributed by atoms with Crippen LogP contribution < -0.4 is 0 Å². The van der Waals surface area contributed by atoms with Crippen LogP contribution in [0.15, 0.2) is 83.5 Å². The van der Waals surface area contributed by atoms with Crippen molar-refractivity contribution in [3.63, 3.8) is 0 Å². The number of nitro benzene ring substituents is 1. The first kappa shape index (κ1) is 24.2. The van der Waals surface area contributed by atoms with Gasteiger partial charge in [-0.3, -0.25) is 14.9 Å². The van der Waals surface area contributed by atoms with Crippen molar-refractivity contribution >= 4 is 46.6 Å². The molecule has 0 N–H and O–H groups in total. The molecule has 3 aromatic rings. The Morgan fingerprint density at radius 2 is 1.61 bits per heavy atom. The highest BCUT2D eigenvalue weighted by molar-refractivity contribution is 6.30. The number of non-ortho nitro benzene ring substituents is 1. The Morgan fingerprint density at radius 1 is 1.00 bits per heavy atom. The van der Waals surface area contributed by atoms with Crippen LogP contribution in [0.4, 0.5) is 5.69 Å². The predicted octanol–water partition coefficient (Wildman–Crippen LogP) is 7.58. The van der Waals surface area contributed by atoms with E-state index in [9.17, 15) is 14.9 Å². The summed E-state index contributed by atoms with van der Waals surface area (Å²) in [6, 6.07) is 20.5. The lowest BCUT2D eigenvalue weighted by atomic mass is 9.73. The molecule has 8 heteroatoms. The number of carbonyl (C=O) groups is 1. The highest BCUT2D eigenvalue weighted by Crippen LogP contribution is 2.46. The van der Waals surface area contributed by atoms with Crippen LogP contribution in [0, 0.1) is 22.0 Å². The third-order valence-electron chi connectivity index (χ3n) is 6.72. The van der Waals surface area contributed by atoms with Crippen LogP contribution in [0.5, 0.6) is 0 Å². The number of rotatable bonds is 4. The van der Waals surface area contributed by atoms with Gasteiger partial charge in [-0.15, -0.1) is 0 Å². The fraction of sp³-hybridized carbons (Fsp3) is 0.214. The minimum atomic E-state index is -0.482. The van der Waals surface area contributed by atoms with E-state index in [0.29, 0.717) is 21.5 Å². The van der Waals surface area contributed by atoms with Gasteiger partial charge in [0.1, 0.15) is 0 Å². The van der Waals surface area contributed by atoms with Gasteiger partial charge in [0.25, 0.3) is 11.6 Å². The molecule has 0 radical (unpaired) electrons. The van der Waals surface area contributed by atoms with Crippen LogP contribution in [0.3, 0.4) is 0 Å². The van der Waals surface area contributed by atoms with Gasteiger partial charge in [-0.2, -0.15) is 5.10 Å². The summed E-state index contributed by atoms with van der Waals surface area (Å²) in [6.07, 6.45) is 3.86. The van der Waals surface area contributed by atoms with E-state index in [1.807, 2.05) is 48.5 Å². The van der Waals surface area contributed by atoms with Crippen molar-refractivity contribution in [3.8, 4) is 0 Å². The first-order valence-electron chi connectivity index (χ1n) is 11.7. The van der Waals surface area contributed by atoms with Gasteiger partial charge < -0.3 is 0 Å². The van der Waals surface area contributed by atoms with E-state index >= 15 is 0 Å². The fourth-order valence-electron chi connectivity index (χ4n) is 5.07. The standard InChI is InChI=1S/C28H23Cl2N3O3/c1-17-14-21(16-18-2-8-22(29)9-3-18)26-25(15-17)27(19-4-10-23(30)11-5-19)32(31-26)28(34)20-6-12-24(13-7-20)33(35)36/h2-13,16-17,25,27H,14-15H2,1H3/b21-16+/t17-,25+,27-/m1/s1. The van der Waals surface area contributed by atoms with Crippen LogP contribution in [0.2, 0.25) is 10.0 Å². The van der Waals surface area contributed by atoms with Crippen LogP contribution in [0.1, 0.15) is 47.3 Å². The molecule has 5 rings (SSSR count). The average Bonchev–Trinajstić information content (AvgIpc) is 3.25. The summed E-state index contributed by atoms with van der Waals surface area (Å²) in [6.45, 7) is 2.21. The van der Waals surface area contributed by atoms with Gasteiger partial charge in [0, 0.05) is 33.7 Å². The van der Waals surface area contributed by atoms with Gasteiger partial charge in [0.2, 0.25) is 0 Å². The molecular formula is C28H23Cl2N3O3. The molecule has 1 aliphatic heterocycles. The number of carbonyl (C=O) groups excluding carboxylic acids is 1. The smallest absolute Gasteiger partial charge is 0.267 e. The Balaban J connectivity index is 1.58. The molecule has 1 saturated carbocycles. The number of allylic oxidation sites excluding steroid dienone is 1. The third kappa shape index (κ3) is 4.79. The molecule has 0 unspecified atom stereocenters. The van der Waals surface area contributed by atoms with Gasteiger partial charge in [0.15, 0.2) is 0 Å². The minimum Gasteiger partial charge on any atom is -0.267 e. The number of benzene rings is 3. The Hall–Kier alpha value is -3.48. The highest BCUT2D eigenvalue weighted by Gasteiger charge is 2.45. The zero-order chi connectivity index (χ0) is 25.4. The lowest BCUT2D eigenvalue weighted by Crippen LogP contribution is -2.33. The number of amides is 1. The zero-order valence-corrected chi connectivity index (χ0v) is 21.0. The summed E-state index contributed by atoms with van der Waals surface area (Å²) in [5, 5.41) is 18.8. The molecule has 3 aromatic carbocycles. The van der Waals surface area contributed by atoms with E-state index in [0.717, 1.165) is 35.3 Å². The summed E-state index contributed by atoms with van der Waals surface area (Å²) in [5.74, 6) is 0.109. The molecule has 2 aliphatic rings. The summed E-state index contributed by atoms with van der Waals surface area (Å²) in [4.78, 5) is 24.3. The molecular weight excluding hydrogens is 497 g/mol. The molecule has 1 fully saturated rings. The Bertz CT molecular complexity index is 1370. The van der Waals surface area contributed by atoms with Crippen molar-refractivity contribution in [1.82, 2.24) is 5.01 Å². The molecule has 1 amide bonds. The molecule has 1 heterocycles. The Kier molecular flexibility index (Phi) is 6.65. The molecule has 3 atom stereocenters. The van der Waals surface area contributed by atoms with Crippen molar-refractivity contribution in [3.05, 3.63) is 115 Å². The first-order chi connectivity index (χ1) is 17.3. The number of hydrogen-bond donors (Lipinski definition) is 0. The second-order valence-electron chi connectivity index (χ2n) is 9.31. The van der Waals surface area contributed by atoms with Crippen molar-refractivity contribution in [2.24, 2.45) is 16.9 Å².